The van der Waals surface area contributed by atoms with E-state index in [1.807, 2.05) is 31.2 Å². The highest BCUT2D eigenvalue weighted by atomic mass is 16.2. The Hall–Kier alpha value is -2.37. The Balaban J connectivity index is 1.42. The van der Waals surface area contributed by atoms with Crippen LogP contribution in [0.15, 0.2) is 24.3 Å². The topological polar surface area (TPSA) is 78.5 Å². The number of aryl methyl sites for hydroxylation is 1. The first kappa shape index (κ1) is 19.0. The second-order valence-corrected chi connectivity index (χ2v) is 8.88. The van der Waals surface area contributed by atoms with E-state index in [9.17, 15) is 14.4 Å². The van der Waals surface area contributed by atoms with Gasteiger partial charge in [-0.25, -0.2) is 4.79 Å². The average molecular weight is 383 g/mol. The maximum absolute atomic E-state index is 12.9. The number of nitrogens with zero attached hydrogens (tertiary/aromatic N) is 1. The molecule has 0 bridgehead atoms. The minimum atomic E-state index is -0.795. The van der Waals surface area contributed by atoms with E-state index < -0.39 is 11.6 Å². The predicted molar refractivity (Wildman–Crippen MR) is 105 cm³/mol. The molecular formula is C22H29N3O3. The quantitative estimate of drug-likeness (QED) is 0.767. The number of urea groups is 1. The summed E-state index contributed by atoms with van der Waals surface area (Å²) in [4.78, 5) is 39.2. The SMILES string of the molecule is Cc1ccc(C(NC(=O)CN2C(=O)NC3(CCC(C)CC3)C2=O)C2CC2)cc1. The van der Waals surface area contributed by atoms with Crippen LogP contribution in [0.4, 0.5) is 4.79 Å². The van der Waals surface area contributed by atoms with E-state index >= 15 is 0 Å². The first-order chi connectivity index (χ1) is 13.4. The Morgan fingerprint density at radius 1 is 1.18 bits per heavy atom. The van der Waals surface area contributed by atoms with Gasteiger partial charge in [0, 0.05) is 0 Å². The first-order valence-corrected chi connectivity index (χ1v) is 10.4. The molecule has 2 saturated carbocycles. The molecule has 28 heavy (non-hydrogen) atoms. The number of hydrogen-bond donors (Lipinski definition) is 2. The molecule has 6 heteroatoms. The van der Waals surface area contributed by atoms with E-state index in [1.54, 1.807) is 0 Å². The Morgan fingerprint density at radius 2 is 1.82 bits per heavy atom. The molecule has 4 rings (SSSR count). The maximum atomic E-state index is 12.9. The van der Waals surface area contributed by atoms with Crippen molar-refractivity contribution in [2.75, 3.05) is 6.54 Å². The van der Waals surface area contributed by atoms with Crippen molar-refractivity contribution in [2.24, 2.45) is 11.8 Å². The number of rotatable bonds is 5. The van der Waals surface area contributed by atoms with Gasteiger partial charge in [0.1, 0.15) is 12.1 Å². The molecule has 1 atom stereocenters. The van der Waals surface area contributed by atoms with E-state index in [0.29, 0.717) is 24.7 Å². The summed E-state index contributed by atoms with van der Waals surface area (Å²) in [5, 5.41) is 5.95. The van der Waals surface area contributed by atoms with Gasteiger partial charge in [-0.3, -0.25) is 14.5 Å². The molecule has 0 aromatic heterocycles. The largest absolute Gasteiger partial charge is 0.347 e. The Labute approximate surface area is 166 Å². The van der Waals surface area contributed by atoms with Crippen molar-refractivity contribution in [1.82, 2.24) is 15.5 Å². The Morgan fingerprint density at radius 3 is 2.43 bits per heavy atom. The number of amides is 4. The van der Waals surface area contributed by atoms with Crippen molar-refractivity contribution in [1.29, 1.82) is 0 Å². The number of imide groups is 1. The summed E-state index contributed by atoms with van der Waals surface area (Å²) in [6.07, 6.45) is 5.33. The van der Waals surface area contributed by atoms with Gasteiger partial charge in [0.05, 0.1) is 6.04 Å². The lowest BCUT2D eigenvalue weighted by molar-refractivity contribution is -0.136. The molecule has 150 valence electrons. The molecule has 2 N–H and O–H groups in total. The van der Waals surface area contributed by atoms with Gasteiger partial charge >= 0.3 is 6.03 Å². The highest BCUT2D eigenvalue weighted by molar-refractivity contribution is 6.09. The van der Waals surface area contributed by atoms with Crippen LogP contribution in [0.1, 0.15) is 62.6 Å². The maximum Gasteiger partial charge on any atom is 0.325 e. The lowest BCUT2D eigenvalue weighted by Gasteiger charge is -2.33. The summed E-state index contributed by atoms with van der Waals surface area (Å²) in [6, 6.07) is 7.69. The van der Waals surface area contributed by atoms with Crippen LogP contribution in [0, 0.1) is 18.8 Å². The highest BCUT2D eigenvalue weighted by Gasteiger charge is 2.52. The fourth-order valence-corrected chi connectivity index (χ4v) is 4.45. The molecule has 1 aliphatic heterocycles. The van der Waals surface area contributed by atoms with Gasteiger partial charge < -0.3 is 10.6 Å². The van der Waals surface area contributed by atoms with E-state index in [2.05, 4.69) is 17.6 Å². The standard InChI is InChI=1S/C22H29N3O3/c1-14-3-5-16(6-4-14)19(17-7-8-17)23-18(26)13-25-20(27)22(24-21(25)28)11-9-15(2)10-12-22/h3-6,15,17,19H,7-13H2,1-2H3,(H,23,26)(H,24,28). The zero-order valence-corrected chi connectivity index (χ0v) is 16.7. The molecule has 2 aliphatic carbocycles. The smallest absolute Gasteiger partial charge is 0.325 e. The summed E-state index contributed by atoms with van der Waals surface area (Å²) in [7, 11) is 0. The molecule has 6 nitrogen and oxygen atoms in total. The van der Waals surface area contributed by atoms with Crippen molar-refractivity contribution in [3.8, 4) is 0 Å². The number of carbonyl (C=O) groups is 3. The van der Waals surface area contributed by atoms with Crippen LogP contribution < -0.4 is 10.6 Å². The fourth-order valence-electron chi connectivity index (χ4n) is 4.45. The van der Waals surface area contributed by atoms with Gasteiger partial charge in [0.25, 0.3) is 5.91 Å². The molecule has 1 aromatic rings. The summed E-state index contributed by atoms with van der Waals surface area (Å²) >= 11 is 0. The number of hydrogen-bond acceptors (Lipinski definition) is 3. The van der Waals surface area contributed by atoms with E-state index in [0.717, 1.165) is 36.1 Å². The third-order valence-electron chi connectivity index (χ3n) is 6.52. The number of carbonyl (C=O) groups excluding carboxylic acids is 3. The van der Waals surface area contributed by atoms with Crippen LogP contribution in [-0.2, 0) is 9.59 Å². The Kier molecular flexibility index (Phi) is 4.89. The minimum absolute atomic E-state index is 0.0571. The van der Waals surface area contributed by atoms with Crippen LogP contribution in [-0.4, -0.2) is 34.8 Å². The van der Waals surface area contributed by atoms with E-state index in [-0.39, 0.29) is 24.4 Å². The molecule has 0 radical (unpaired) electrons. The molecule has 1 spiro atoms. The van der Waals surface area contributed by atoms with Crippen molar-refractivity contribution in [3.05, 3.63) is 35.4 Å². The zero-order chi connectivity index (χ0) is 19.9. The van der Waals surface area contributed by atoms with E-state index in [4.69, 9.17) is 0 Å². The molecule has 3 fully saturated rings. The fraction of sp³-hybridized carbons (Fsp3) is 0.591. The summed E-state index contributed by atoms with van der Waals surface area (Å²) in [5.74, 6) is 0.488. The third kappa shape index (κ3) is 3.64. The first-order valence-electron chi connectivity index (χ1n) is 10.4. The summed E-state index contributed by atoms with van der Waals surface area (Å²) < 4.78 is 0. The highest BCUT2D eigenvalue weighted by Crippen LogP contribution is 2.41. The van der Waals surface area contributed by atoms with Gasteiger partial charge in [0.15, 0.2) is 0 Å². The number of benzene rings is 1. The van der Waals surface area contributed by atoms with Crippen molar-refractivity contribution in [2.45, 2.75) is 64.0 Å². The second-order valence-electron chi connectivity index (χ2n) is 8.88. The lowest BCUT2D eigenvalue weighted by atomic mass is 9.77. The molecule has 3 aliphatic rings. The van der Waals surface area contributed by atoms with Gasteiger partial charge in [-0.2, -0.15) is 0 Å². The molecular weight excluding hydrogens is 354 g/mol. The molecule has 1 heterocycles. The lowest BCUT2D eigenvalue weighted by Crippen LogP contribution is -2.50. The molecule has 1 saturated heterocycles. The molecule has 1 unspecified atom stereocenters. The van der Waals surface area contributed by atoms with Crippen LogP contribution >= 0.6 is 0 Å². The van der Waals surface area contributed by atoms with Crippen molar-refractivity contribution in [3.63, 3.8) is 0 Å². The molecule has 1 aromatic carbocycles. The average Bonchev–Trinajstić information content (AvgIpc) is 3.48. The third-order valence-corrected chi connectivity index (χ3v) is 6.52. The summed E-state index contributed by atoms with van der Waals surface area (Å²) in [6.45, 7) is 3.99. The second kappa shape index (κ2) is 7.22. The zero-order valence-electron chi connectivity index (χ0n) is 16.7. The van der Waals surface area contributed by atoms with Crippen LogP contribution in [0.2, 0.25) is 0 Å². The monoisotopic (exact) mass is 383 g/mol. The van der Waals surface area contributed by atoms with Crippen molar-refractivity contribution < 1.29 is 14.4 Å². The van der Waals surface area contributed by atoms with Crippen LogP contribution in [0.25, 0.3) is 0 Å². The van der Waals surface area contributed by atoms with Crippen LogP contribution in [0.5, 0.6) is 0 Å². The molecule has 4 amide bonds. The van der Waals surface area contributed by atoms with Gasteiger partial charge in [-0.15, -0.1) is 0 Å². The van der Waals surface area contributed by atoms with Crippen molar-refractivity contribution >= 4 is 17.8 Å². The van der Waals surface area contributed by atoms with E-state index in [1.165, 1.54) is 5.56 Å². The minimum Gasteiger partial charge on any atom is -0.347 e. The Bertz CT molecular complexity index is 777. The normalized spacial score (nSPS) is 28.4. The number of nitrogens with one attached hydrogen (secondary N) is 2. The van der Waals surface area contributed by atoms with Gasteiger partial charge in [-0.1, -0.05) is 36.8 Å². The van der Waals surface area contributed by atoms with Gasteiger partial charge in [0.2, 0.25) is 5.91 Å². The van der Waals surface area contributed by atoms with Crippen LogP contribution in [0.3, 0.4) is 0 Å². The summed E-state index contributed by atoms with van der Waals surface area (Å²) in [5.41, 5.74) is 1.46. The predicted octanol–water partition coefficient (Wildman–Crippen LogP) is 3.06. The van der Waals surface area contributed by atoms with Gasteiger partial charge in [-0.05, 0) is 62.8 Å².